The van der Waals surface area contributed by atoms with Crippen molar-refractivity contribution in [1.29, 1.82) is 0 Å². The summed E-state index contributed by atoms with van der Waals surface area (Å²) in [5.74, 6) is -0.942. The Balaban J connectivity index is 1.90. The van der Waals surface area contributed by atoms with Crippen LogP contribution < -0.4 is 0 Å². The van der Waals surface area contributed by atoms with E-state index in [1.165, 1.54) is 43.4 Å². The van der Waals surface area contributed by atoms with Gasteiger partial charge in [-0.3, -0.25) is 0 Å². The third-order valence-corrected chi connectivity index (χ3v) is 3.65. The zero-order chi connectivity index (χ0) is 16.5. The van der Waals surface area contributed by atoms with Gasteiger partial charge in [-0.15, -0.1) is 0 Å². The van der Waals surface area contributed by atoms with Crippen molar-refractivity contribution in [2.24, 2.45) is 10.2 Å². The van der Waals surface area contributed by atoms with Crippen LogP contribution in [0.4, 0.5) is 11.4 Å². The average Bonchev–Trinajstić information content (AvgIpc) is 2.58. The number of rotatable bonds is 8. The minimum atomic E-state index is -0.942. The quantitative estimate of drug-likeness (QED) is 0.485. The number of azo groups is 1. The van der Waals surface area contributed by atoms with Gasteiger partial charge in [0.05, 0.1) is 16.9 Å². The minimum Gasteiger partial charge on any atom is -0.478 e. The fourth-order valence-corrected chi connectivity index (χ4v) is 2.27. The molecule has 0 aliphatic heterocycles. The molecule has 0 aliphatic carbocycles. The molecule has 0 amide bonds. The van der Waals surface area contributed by atoms with Crippen LogP contribution in [0, 0.1) is 0 Å². The first-order chi connectivity index (χ1) is 11.2. The summed E-state index contributed by atoms with van der Waals surface area (Å²) in [5, 5.41) is 17.2. The lowest BCUT2D eigenvalue weighted by molar-refractivity contribution is 0.0697. The molecule has 0 aromatic heterocycles. The maximum absolute atomic E-state index is 10.8. The Morgan fingerprint density at radius 3 is 1.96 bits per heavy atom. The van der Waals surface area contributed by atoms with Gasteiger partial charge in [0.25, 0.3) is 0 Å². The van der Waals surface area contributed by atoms with Gasteiger partial charge in [-0.05, 0) is 54.8 Å². The topological polar surface area (TPSA) is 62.0 Å². The third-order valence-electron chi connectivity index (χ3n) is 3.65. The highest BCUT2D eigenvalue weighted by Crippen LogP contribution is 2.20. The Kier molecular flexibility index (Phi) is 6.48. The highest BCUT2D eigenvalue weighted by Gasteiger charge is 2.01. The molecule has 0 fully saturated rings. The molecule has 0 unspecified atom stereocenters. The van der Waals surface area contributed by atoms with Crippen molar-refractivity contribution >= 4 is 17.3 Å². The van der Waals surface area contributed by atoms with Crippen LogP contribution in [-0.2, 0) is 6.42 Å². The second-order valence-corrected chi connectivity index (χ2v) is 5.53. The summed E-state index contributed by atoms with van der Waals surface area (Å²) in [5.41, 5.74) is 3.01. The second-order valence-electron chi connectivity index (χ2n) is 5.53. The molecule has 0 saturated carbocycles. The number of aromatic carboxylic acids is 1. The lowest BCUT2D eigenvalue weighted by Gasteiger charge is -2.01. The van der Waals surface area contributed by atoms with Gasteiger partial charge >= 0.3 is 5.97 Å². The summed E-state index contributed by atoms with van der Waals surface area (Å²) in [6.07, 6.45) is 6.17. The Hall–Kier alpha value is -2.49. The zero-order valence-electron chi connectivity index (χ0n) is 13.4. The Labute approximate surface area is 136 Å². The Morgan fingerprint density at radius 2 is 1.43 bits per heavy atom. The standard InChI is InChI=1S/C19H22N2O2/c1-2-3-4-5-6-15-7-11-17(12-8-15)20-21-18-13-9-16(10-14-18)19(22)23/h7-14H,2-6H2,1H3,(H,22,23). The van der Waals surface area contributed by atoms with Gasteiger partial charge in [0.15, 0.2) is 0 Å². The van der Waals surface area contributed by atoms with Gasteiger partial charge in [0.2, 0.25) is 0 Å². The van der Waals surface area contributed by atoms with E-state index in [1.54, 1.807) is 12.1 Å². The van der Waals surface area contributed by atoms with Crippen molar-refractivity contribution in [2.45, 2.75) is 39.0 Å². The first-order valence-corrected chi connectivity index (χ1v) is 8.03. The van der Waals surface area contributed by atoms with E-state index < -0.39 is 5.97 Å². The smallest absolute Gasteiger partial charge is 0.335 e. The number of hydrogen-bond donors (Lipinski definition) is 1. The van der Waals surface area contributed by atoms with Crippen LogP contribution in [0.1, 0.15) is 48.5 Å². The van der Waals surface area contributed by atoms with E-state index in [2.05, 4.69) is 29.3 Å². The summed E-state index contributed by atoms with van der Waals surface area (Å²) in [7, 11) is 0. The Morgan fingerprint density at radius 1 is 0.870 bits per heavy atom. The van der Waals surface area contributed by atoms with Gasteiger partial charge < -0.3 is 5.11 Å². The second kappa shape index (κ2) is 8.83. The number of unbranched alkanes of at least 4 members (excludes halogenated alkanes) is 3. The molecule has 2 aromatic carbocycles. The van der Waals surface area contributed by atoms with Gasteiger partial charge in [-0.25, -0.2) is 4.79 Å². The van der Waals surface area contributed by atoms with Crippen LogP contribution in [0.2, 0.25) is 0 Å². The van der Waals surface area contributed by atoms with Gasteiger partial charge in [0.1, 0.15) is 0 Å². The molecule has 4 nitrogen and oxygen atoms in total. The van der Waals surface area contributed by atoms with Crippen molar-refractivity contribution in [3.8, 4) is 0 Å². The summed E-state index contributed by atoms with van der Waals surface area (Å²) in [4.78, 5) is 10.8. The van der Waals surface area contributed by atoms with Gasteiger partial charge in [-0.1, -0.05) is 38.3 Å². The van der Waals surface area contributed by atoms with Gasteiger partial charge in [0, 0.05) is 0 Å². The molecule has 0 saturated heterocycles. The van der Waals surface area contributed by atoms with E-state index in [-0.39, 0.29) is 5.56 Å². The molecule has 120 valence electrons. The number of hydrogen-bond acceptors (Lipinski definition) is 3. The molecule has 0 bridgehead atoms. The molecule has 1 N–H and O–H groups in total. The molecular weight excluding hydrogens is 288 g/mol. The number of carbonyl (C=O) groups is 1. The van der Waals surface area contributed by atoms with Crippen molar-refractivity contribution in [3.63, 3.8) is 0 Å². The number of nitrogens with zero attached hydrogens (tertiary/aromatic N) is 2. The van der Waals surface area contributed by atoms with E-state index in [4.69, 9.17) is 5.11 Å². The molecule has 2 aromatic rings. The largest absolute Gasteiger partial charge is 0.478 e. The van der Waals surface area contributed by atoms with Crippen LogP contribution in [0.15, 0.2) is 58.8 Å². The summed E-state index contributed by atoms with van der Waals surface area (Å²) >= 11 is 0. The summed E-state index contributed by atoms with van der Waals surface area (Å²) < 4.78 is 0. The molecule has 0 spiro atoms. The van der Waals surface area contributed by atoms with E-state index in [0.717, 1.165) is 12.1 Å². The molecule has 2 rings (SSSR count). The Bertz CT molecular complexity index is 646. The fraction of sp³-hybridized carbons (Fsp3) is 0.316. The SMILES string of the molecule is CCCCCCc1ccc(N=Nc2ccc(C(=O)O)cc2)cc1. The molecule has 23 heavy (non-hydrogen) atoms. The average molecular weight is 310 g/mol. The normalized spacial score (nSPS) is 11.0. The molecule has 0 radical (unpaired) electrons. The number of carboxylic acid groups (broad SMARTS) is 1. The van der Waals surface area contributed by atoms with E-state index in [1.807, 2.05) is 12.1 Å². The number of aryl methyl sites for hydroxylation is 1. The lowest BCUT2D eigenvalue weighted by Crippen LogP contribution is -1.93. The highest BCUT2D eigenvalue weighted by atomic mass is 16.4. The number of carboxylic acids is 1. The van der Waals surface area contributed by atoms with Crippen molar-refractivity contribution in [2.75, 3.05) is 0 Å². The van der Waals surface area contributed by atoms with Crippen LogP contribution in [0.5, 0.6) is 0 Å². The molecule has 0 atom stereocenters. The van der Waals surface area contributed by atoms with Crippen LogP contribution in [0.25, 0.3) is 0 Å². The fourth-order valence-electron chi connectivity index (χ4n) is 2.27. The predicted octanol–water partition coefficient (Wildman–Crippen LogP) is 5.92. The predicted molar refractivity (Wildman–Crippen MR) is 91.9 cm³/mol. The molecule has 0 heterocycles. The first kappa shape index (κ1) is 16.9. The van der Waals surface area contributed by atoms with E-state index in [9.17, 15) is 4.79 Å². The van der Waals surface area contributed by atoms with Crippen LogP contribution in [-0.4, -0.2) is 11.1 Å². The van der Waals surface area contributed by atoms with E-state index in [0.29, 0.717) is 5.69 Å². The lowest BCUT2D eigenvalue weighted by atomic mass is 10.1. The van der Waals surface area contributed by atoms with Crippen LogP contribution in [0.3, 0.4) is 0 Å². The maximum Gasteiger partial charge on any atom is 0.335 e. The third kappa shape index (κ3) is 5.66. The summed E-state index contributed by atoms with van der Waals surface area (Å²) in [6, 6.07) is 14.5. The van der Waals surface area contributed by atoms with Gasteiger partial charge in [-0.2, -0.15) is 10.2 Å². The molecule has 4 heteroatoms. The first-order valence-electron chi connectivity index (χ1n) is 8.03. The highest BCUT2D eigenvalue weighted by molar-refractivity contribution is 5.87. The molecular formula is C19H22N2O2. The van der Waals surface area contributed by atoms with Crippen molar-refractivity contribution < 1.29 is 9.90 Å². The maximum atomic E-state index is 10.8. The zero-order valence-corrected chi connectivity index (χ0v) is 13.4. The van der Waals surface area contributed by atoms with E-state index >= 15 is 0 Å². The van der Waals surface area contributed by atoms with Crippen LogP contribution >= 0.6 is 0 Å². The summed E-state index contributed by atoms with van der Waals surface area (Å²) in [6.45, 7) is 2.22. The minimum absolute atomic E-state index is 0.247. The molecule has 0 aliphatic rings. The van der Waals surface area contributed by atoms with Crippen molar-refractivity contribution in [3.05, 3.63) is 59.7 Å². The monoisotopic (exact) mass is 310 g/mol. The van der Waals surface area contributed by atoms with Crippen molar-refractivity contribution in [1.82, 2.24) is 0 Å². The number of benzene rings is 2.